The summed E-state index contributed by atoms with van der Waals surface area (Å²) in [4.78, 5) is 28.3. The maximum atomic E-state index is 13.5. The summed E-state index contributed by atoms with van der Waals surface area (Å²) in [6.07, 6.45) is 3.14. The van der Waals surface area contributed by atoms with Gasteiger partial charge >= 0.3 is 0 Å². The number of aliphatic hydroxyl groups is 1. The Morgan fingerprint density at radius 3 is 2.65 bits per heavy atom. The number of fused-ring (bicyclic) bond motifs is 1. The molecular formula is C32H35NO7. The number of furan rings is 1. The van der Waals surface area contributed by atoms with Crippen molar-refractivity contribution in [3.8, 4) is 17.2 Å². The predicted molar refractivity (Wildman–Crippen MR) is 149 cm³/mol. The molecule has 3 heterocycles. The Hall–Kier alpha value is -4.20. The van der Waals surface area contributed by atoms with E-state index in [4.69, 9.17) is 18.6 Å². The van der Waals surface area contributed by atoms with Gasteiger partial charge in [-0.15, -0.1) is 0 Å². The highest BCUT2D eigenvalue weighted by molar-refractivity contribution is 6.46. The van der Waals surface area contributed by atoms with E-state index in [1.54, 1.807) is 36.4 Å². The zero-order chi connectivity index (χ0) is 28.4. The lowest BCUT2D eigenvalue weighted by Crippen LogP contribution is -2.29. The molecule has 1 fully saturated rings. The molecule has 0 spiro atoms. The molecule has 2 aliphatic rings. The molecule has 0 unspecified atom stereocenters. The Balaban J connectivity index is 1.59. The zero-order valence-corrected chi connectivity index (χ0v) is 23.3. The molecule has 2 aromatic carbocycles. The van der Waals surface area contributed by atoms with E-state index in [2.05, 4.69) is 13.8 Å². The van der Waals surface area contributed by atoms with Crippen molar-refractivity contribution in [1.29, 1.82) is 0 Å². The highest BCUT2D eigenvalue weighted by Gasteiger charge is 2.46. The van der Waals surface area contributed by atoms with E-state index in [0.29, 0.717) is 53.9 Å². The average molecular weight is 546 g/mol. The van der Waals surface area contributed by atoms with Crippen molar-refractivity contribution in [2.75, 3.05) is 13.2 Å². The number of hydrogen-bond donors (Lipinski definition) is 1. The number of amides is 1. The molecule has 1 aromatic heterocycles. The monoisotopic (exact) mass is 545 g/mol. The molecular weight excluding hydrogens is 510 g/mol. The first-order valence-corrected chi connectivity index (χ1v) is 13.8. The van der Waals surface area contributed by atoms with E-state index >= 15 is 0 Å². The number of carbonyl (C=O) groups excluding carboxylic acids is 2. The molecule has 1 N–H and O–H groups in total. The van der Waals surface area contributed by atoms with E-state index in [0.717, 1.165) is 17.7 Å². The first kappa shape index (κ1) is 27.4. The lowest BCUT2D eigenvalue weighted by Gasteiger charge is -2.25. The first-order valence-electron chi connectivity index (χ1n) is 13.8. The van der Waals surface area contributed by atoms with Crippen LogP contribution < -0.4 is 14.2 Å². The number of benzene rings is 2. The number of hydrogen-bond acceptors (Lipinski definition) is 7. The van der Waals surface area contributed by atoms with Crippen LogP contribution in [0.2, 0.25) is 0 Å². The smallest absolute Gasteiger partial charge is 0.296 e. The second kappa shape index (κ2) is 11.5. The van der Waals surface area contributed by atoms with Crippen molar-refractivity contribution < 1.29 is 33.3 Å². The Kier molecular flexibility index (Phi) is 7.87. The molecule has 0 saturated carbocycles. The van der Waals surface area contributed by atoms with E-state index in [1.807, 2.05) is 26.0 Å². The number of ketones is 1. The minimum atomic E-state index is -0.863. The first-order chi connectivity index (χ1) is 19.3. The predicted octanol–water partition coefficient (Wildman–Crippen LogP) is 6.05. The quantitative estimate of drug-likeness (QED) is 0.188. The van der Waals surface area contributed by atoms with E-state index in [9.17, 15) is 14.7 Å². The summed E-state index contributed by atoms with van der Waals surface area (Å²) in [6.45, 7) is 9.13. The fourth-order valence-electron chi connectivity index (χ4n) is 5.17. The number of ether oxygens (including phenoxy) is 3. The van der Waals surface area contributed by atoms with Crippen LogP contribution in [0.5, 0.6) is 17.2 Å². The maximum absolute atomic E-state index is 13.5. The van der Waals surface area contributed by atoms with Gasteiger partial charge in [0.2, 0.25) is 0 Å². The molecule has 0 bridgehead atoms. The van der Waals surface area contributed by atoms with Crippen molar-refractivity contribution in [3.63, 3.8) is 0 Å². The van der Waals surface area contributed by atoms with Gasteiger partial charge in [-0.3, -0.25) is 9.59 Å². The van der Waals surface area contributed by atoms with Crippen molar-refractivity contribution in [1.82, 2.24) is 4.90 Å². The molecule has 1 amide bonds. The summed E-state index contributed by atoms with van der Waals surface area (Å²) < 4.78 is 23.2. The van der Waals surface area contributed by atoms with Crippen LogP contribution >= 0.6 is 0 Å². The molecule has 0 radical (unpaired) electrons. The van der Waals surface area contributed by atoms with Crippen molar-refractivity contribution in [2.24, 2.45) is 5.92 Å². The summed E-state index contributed by atoms with van der Waals surface area (Å²) in [6, 6.07) is 13.3. The summed E-state index contributed by atoms with van der Waals surface area (Å²) >= 11 is 0. The SMILES string of the molecule is CCOc1cc([C@@H]2C(=C(O)c3ccc4c(c3)C[C@@H](C)O4)C(=O)C(=O)N2Cc2ccco2)ccc1OCCC(C)C. The van der Waals surface area contributed by atoms with Gasteiger partial charge in [-0.2, -0.15) is 0 Å². The normalized spacial score (nSPS) is 19.7. The fraction of sp³-hybridized carbons (Fsp3) is 0.375. The molecule has 40 heavy (non-hydrogen) atoms. The Morgan fingerprint density at radius 1 is 1.10 bits per heavy atom. The van der Waals surface area contributed by atoms with Crippen LogP contribution in [-0.2, 0) is 22.6 Å². The van der Waals surface area contributed by atoms with Crippen molar-refractivity contribution in [2.45, 2.75) is 59.2 Å². The molecule has 1 saturated heterocycles. The molecule has 8 nitrogen and oxygen atoms in total. The number of rotatable bonds is 10. The van der Waals surface area contributed by atoms with Crippen LogP contribution in [-0.4, -0.2) is 41.0 Å². The van der Waals surface area contributed by atoms with Crippen LogP contribution in [0.4, 0.5) is 0 Å². The van der Waals surface area contributed by atoms with Crippen molar-refractivity contribution >= 4 is 17.4 Å². The number of nitrogens with zero attached hydrogens (tertiary/aromatic N) is 1. The number of Topliss-reactive ketones (excluding diaryl/α,β-unsaturated/α-hetero) is 1. The summed E-state index contributed by atoms with van der Waals surface area (Å²) in [7, 11) is 0. The van der Waals surface area contributed by atoms with Gasteiger partial charge in [0, 0.05) is 12.0 Å². The highest BCUT2D eigenvalue weighted by atomic mass is 16.5. The number of likely N-dealkylation sites (tertiary alicyclic amines) is 1. The minimum Gasteiger partial charge on any atom is -0.507 e. The Morgan fingerprint density at radius 2 is 1.93 bits per heavy atom. The fourth-order valence-corrected chi connectivity index (χ4v) is 5.17. The lowest BCUT2D eigenvalue weighted by atomic mass is 9.94. The second-order valence-electron chi connectivity index (χ2n) is 10.6. The van der Waals surface area contributed by atoms with Gasteiger partial charge < -0.3 is 28.6 Å². The maximum Gasteiger partial charge on any atom is 0.296 e. The number of carbonyl (C=O) groups is 2. The average Bonchev–Trinajstić information content (AvgIpc) is 3.63. The third-order valence-electron chi connectivity index (χ3n) is 7.15. The van der Waals surface area contributed by atoms with Crippen molar-refractivity contribution in [3.05, 3.63) is 82.8 Å². The molecule has 2 atom stereocenters. The molecule has 5 rings (SSSR count). The Bertz CT molecular complexity index is 1420. The third kappa shape index (κ3) is 5.43. The summed E-state index contributed by atoms with van der Waals surface area (Å²) in [5, 5.41) is 11.5. The van der Waals surface area contributed by atoms with Crippen LogP contribution in [0.25, 0.3) is 5.76 Å². The van der Waals surface area contributed by atoms with E-state index < -0.39 is 17.7 Å². The minimum absolute atomic E-state index is 0.0133. The van der Waals surface area contributed by atoms with Gasteiger partial charge in [-0.1, -0.05) is 19.9 Å². The molecule has 210 valence electrons. The van der Waals surface area contributed by atoms with Gasteiger partial charge in [-0.05, 0) is 79.8 Å². The zero-order valence-electron chi connectivity index (χ0n) is 23.3. The van der Waals surface area contributed by atoms with E-state index in [-0.39, 0.29) is 24.0 Å². The van der Waals surface area contributed by atoms with Gasteiger partial charge in [0.1, 0.15) is 23.4 Å². The van der Waals surface area contributed by atoms with Gasteiger partial charge in [-0.25, -0.2) is 0 Å². The Labute approximate surface area is 234 Å². The second-order valence-corrected chi connectivity index (χ2v) is 10.6. The largest absolute Gasteiger partial charge is 0.507 e. The standard InChI is InChI=1S/C32H35NO7/c1-5-37-27-17-21(8-11-26(27)39-14-12-19(2)3)29-28(31(35)32(36)33(29)18-24-7-6-13-38-24)30(34)22-9-10-25-23(16-22)15-20(4)40-25/h6-11,13,16-17,19-20,29,34H,5,12,14-15,18H2,1-4H3/t20-,29-/m1/s1. The molecule has 2 aliphatic heterocycles. The summed E-state index contributed by atoms with van der Waals surface area (Å²) in [5.74, 6) is 1.17. The van der Waals surface area contributed by atoms with Crippen LogP contribution in [0, 0.1) is 5.92 Å². The van der Waals surface area contributed by atoms with Crippen LogP contribution in [0.1, 0.15) is 62.6 Å². The number of aliphatic hydroxyl groups excluding tert-OH is 1. The molecule has 0 aliphatic carbocycles. The van der Waals surface area contributed by atoms with Crippen LogP contribution in [0.15, 0.2) is 64.8 Å². The van der Waals surface area contributed by atoms with Gasteiger partial charge in [0.15, 0.2) is 11.5 Å². The third-order valence-corrected chi connectivity index (χ3v) is 7.15. The van der Waals surface area contributed by atoms with Crippen LogP contribution in [0.3, 0.4) is 0 Å². The summed E-state index contributed by atoms with van der Waals surface area (Å²) in [5.41, 5.74) is 2.03. The van der Waals surface area contributed by atoms with Gasteiger partial charge in [0.25, 0.3) is 11.7 Å². The molecule has 8 heteroatoms. The highest BCUT2D eigenvalue weighted by Crippen LogP contribution is 2.43. The molecule has 3 aromatic rings. The van der Waals surface area contributed by atoms with E-state index in [1.165, 1.54) is 11.2 Å². The topological polar surface area (TPSA) is 98.4 Å². The lowest BCUT2D eigenvalue weighted by molar-refractivity contribution is -0.140. The van der Waals surface area contributed by atoms with Gasteiger partial charge in [0.05, 0.1) is 37.6 Å².